The summed E-state index contributed by atoms with van der Waals surface area (Å²) in [6.45, 7) is 9.70. The van der Waals surface area contributed by atoms with Crippen molar-refractivity contribution in [3.8, 4) is 5.75 Å². The molecule has 0 fully saturated rings. The summed E-state index contributed by atoms with van der Waals surface area (Å²) in [5.41, 5.74) is 8.44. The quantitative estimate of drug-likeness (QED) is 0.577. The van der Waals surface area contributed by atoms with E-state index in [1.54, 1.807) is 26.0 Å². The SMILES string of the molecule is CC(C)OC(=O)c1ccc(N)c(OCC(=O)Nc2ccc(C(C)(C)C)cc2)c1. The van der Waals surface area contributed by atoms with Crippen molar-refractivity contribution < 1.29 is 19.1 Å². The minimum absolute atomic E-state index is 0.0465. The molecule has 28 heavy (non-hydrogen) atoms. The van der Waals surface area contributed by atoms with Crippen LogP contribution in [-0.4, -0.2) is 24.6 Å². The average Bonchev–Trinajstić information content (AvgIpc) is 2.60. The molecule has 6 heteroatoms. The first kappa shape index (κ1) is 21.3. The van der Waals surface area contributed by atoms with Crippen molar-refractivity contribution in [3.05, 3.63) is 53.6 Å². The molecule has 0 aliphatic carbocycles. The van der Waals surface area contributed by atoms with Crippen molar-refractivity contribution in [3.63, 3.8) is 0 Å². The molecule has 2 aromatic carbocycles. The van der Waals surface area contributed by atoms with Crippen LogP contribution < -0.4 is 15.8 Å². The second-order valence-electron chi connectivity index (χ2n) is 7.87. The summed E-state index contributed by atoms with van der Waals surface area (Å²) in [6.07, 6.45) is -0.232. The number of hydrogen-bond acceptors (Lipinski definition) is 5. The van der Waals surface area contributed by atoms with E-state index in [-0.39, 0.29) is 29.8 Å². The highest BCUT2D eigenvalue weighted by molar-refractivity contribution is 5.92. The first-order chi connectivity index (χ1) is 13.1. The molecule has 0 spiro atoms. The van der Waals surface area contributed by atoms with Gasteiger partial charge in [-0.3, -0.25) is 4.79 Å². The number of benzene rings is 2. The second kappa shape index (κ2) is 8.78. The van der Waals surface area contributed by atoms with Gasteiger partial charge in [0.2, 0.25) is 0 Å². The standard InChI is InChI=1S/C22H28N2O4/c1-14(2)28-21(26)15-6-11-18(23)19(12-15)27-13-20(25)24-17-9-7-16(8-10-17)22(3,4)5/h6-12,14H,13,23H2,1-5H3,(H,24,25). The van der Waals surface area contributed by atoms with Crippen LogP contribution >= 0.6 is 0 Å². The number of anilines is 2. The molecule has 0 heterocycles. The predicted molar refractivity (Wildman–Crippen MR) is 111 cm³/mol. The van der Waals surface area contributed by atoms with Crippen LogP contribution in [0.15, 0.2) is 42.5 Å². The highest BCUT2D eigenvalue weighted by atomic mass is 16.5. The lowest BCUT2D eigenvalue weighted by Gasteiger charge is -2.19. The predicted octanol–water partition coefficient (Wildman–Crippen LogP) is 4.15. The molecular formula is C22H28N2O4. The van der Waals surface area contributed by atoms with E-state index in [9.17, 15) is 9.59 Å². The van der Waals surface area contributed by atoms with Crippen molar-refractivity contribution >= 4 is 23.3 Å². The number of rotatable bonds is 6. The highest BCUT2D eigenvalue weighted by Gasteiger charge is 2.15. The molecule has 3 N–H and O–H groups in total. The van der Waals surface area contributed by atoms with E-state index in [4.69, 9.17) is 15.2 Å². The van der Waals surface area contributed by atoms with Gasteiger partial charge in [-0.15, -0.1) is 0 Å². The summed E-state index contributed by atoms with van der Waals surface area (Å²) in [5, 5.41) is 2.78. The Labute approximate surface area is 166 Å². The number of nitrogen functional groups attached to an aromatic ring is 1. The van der Waals surface area contributed by atoms with Gasteiger partial charge < -0.3 is 20.5 Å². The average molecular weight is 384 g/mol. The van der Waals surface area contributed by atoms with Crippen LogP contribution in [0.1, 0.15) is 50.5 Å². The Morgan fingerprint density at radius 2 is 1.71 bits per heavy atom. The Bertz CT molecular complexity index is 837. The third-order valence-electron chi connectivity index (χ3n) is 3.99. The van der Waals surface area contributed by atoms with Crippen LogP contribution in [0.2, 0.25) is 0 Å². The molecule has 0 aromatic heterocycles. The van der Waals surface area contributed by atoms with Gasteiger partial charge in [-0.2, -0.15) is 0 Å². The zero-order valence-corrected chi connectivity index (χ0v) is 17.0. The maximum atomic E-state index is 12.2. The van der Waals surface area contributed by atoms with Gasteiger partial charge in [-0.1, -0.05) is 32.9 Å². The first-order valence-corrected chi connectivity index (χ1v) is 9.20. The molecule has 150 valence electrons. The van der Waals surface area contributed by atoms with Crippen molar-refractivity contribution in [2.75, 3.05) is 17.7 Å². The third kappa shape index (κ3) is 6.01. The zero-order valence-electron chi connectivity index (χ0n) is 17.0. The van der Waals surface area contributed by atoms with E-state index in [2.05, 4.69) is 26.1 Å². The van der Waals surface area contributed by atoms with Crippen molar-refractivity contribution in [2.24, 2.45) is 0 Å². The fourth-order valence-electron chi connectivity index (χ4n) is 2.46. The lowest BCUT2D eigenvalue weighted by atomic mass is 9.87. The molecular weight excluding hydrogens is 356 g/mol. The minimum Gasteiger partial charge on any atom is -0.482 e. The third-order valence-corrected chi connectivity index (χ3v) is 3.99. The number of carbonyl (C=O) groups is 2. The van der Waals surface area contributed by atoms with Crippen LogP contribution in [0, 0.1) is 0 Å². The largest absolute Gasteiger partial charge is 0.482 e. The normalized spacial score (nSPS) is 11.2. The van der Waals surface area contributed by atoms with Gasteiger partial charge in [-0.25, -0.2) is 4.79 Å². The molecule has 0 unspecified atom stereocenters. The highest BCUT2D eigenvalue weighted by Crippen LogP contribution is 2.25. The zero-order chi connectivity index (χ0) is 20.9. The molecule has 0 saturated carbocycles. The molecule has 6 nitrogen and oxygen atoms in total. The molecule has 0 aliphatic heterocycles. The molecule has 0 aliphatic rings. The Balaban J connectivity index is 1.98. The van der Waals surface area contributed by atoms with E-state index >= 15 is 0 Å². The molecule has 0 saturated heterocycles. The Morgan fingerprint density at radius 3 is 2.29 bits per heavy atom. The first-order valence-electron chi connectivity index (χ1n) is 9.20. The van der Waals surface area contributed by atoms with Crippen LogP contribution in [0.5, 0.6) is 5.75 Å². The summed E-state index contributed by atoms with van der Waals surface area (Å²) < 4.78 is 10.7. The lowest BCUT2D eigenvalue weighted by molar-refractivity contribution is -0.118. The van der Waals surface area contributed by atoms with Crippen molar-refractivity contribution in [1.29, 1.82) is 0 Å². The van der Waals surface area contributed by atoms with Crippen LogP contribution in [0.25, 0.3) is 0 Å². The summed E-state index contributed by atoms with van der Waals surface area (Å²) >= 11 is 0. The Morgan fingerprint density at radius 1 is 1.07 bits per heavy atom. The molecule has 0 atom stereocenters. The molecule has 2 aromatic rings. The minimum atomic E-state index is -0.469. The van der Waals surface area contributed by atoms with Crippen molar-refractivity contribution in [2.45, 2.75) is 46.1 Å². The van der Waals surface area contributed by atoms with Gasteiger partial charge in [-0.05, 0) is 55.2 Å². The van der Waals surface area contributed by atoms with Gasteiger partial charge in [0.15, 0.2) is 6.61 Å². The maximum Gasteiger partial charge on any atom is 0.338 e. The maximum absolute atomic E-state index is 12.2. The summed E-state index contributed by atoms with van der Waals surface area (Å²) in [4.78, 5) is 24.2. The van der Waals surface area contributed by atoms with Crippen LogP contribution in [0.3, 0.4) is 0 Å². The summed E-state index contributed by atoms with van der Waals surface area (Å²) in [5.74, 6) is -0.530. The topological polar surface area (TPSA) is 90.7 Å². The molecule has 2 rings (SSSR count). The second-order valence-corrected chi connectivity index (χ2v) is 7.87. The van der Waals surface area contributed by atoms with E-state index in [1.165, 1.54) is 11.6 Å². The number of esters is 1. The van der Waals surface area contributed by atoms with E-state index in [0.29, 0.717) is 16.9 Å². The summed E-state index contributed by atoms with van der Waals surface area (Å²) in [6, 6.07) is 12.3. The lowest BCUT2D eigenvalue weighted by Crippen LogP contribution is -2.21. The molecule has 1 amide bonds. The van der Waals surface area contributed by atoms with Gasteiger partial charge in [0.25, 0.3) is 5.91 Å². The van der Waals surface area contributed by atoms with Crippen LogP contribution in [0.4, 0.5) is 11.4 Å². The number of nitrogens with one attached hydrogen (secondary N) is 1. The van der Waals surface area contributed by atoms with Gasteiger partial charge in [0, 0.05) is 5.69 Å². The van der Waals surface area contributed by atoms with E-state index in [1.807, 2.05) is 24.3 Å². The van der Waals surface area contributed by atoms with Gasteiger partial charge in [0.1, 0.15) is 5.75 Å². The van der Waals surface area contributed by atoms with E-state index in [0.717, 1.165) is 0 Å². The Kier molecular flexibility index (Phi) is 6.67. The number of hydrogen-bond donors (Lipinski definition) is 2. The van der Waals surface area contributed by atoms with Crippen molar-refractivity contribution in [1.82, 2.24) is 0 Å². The van der Waals surface area contributed by atoms with Gasteiger partial charge >= 0.3 is 5.97 Å². The number of amides is 1. The monoisotopic (exact) mass is 384 g/mol. The van der Waals surface area contributed by atoms with E-state index < -0.39 is 5.97 Å². The number of nitrogens with two attached hydrogens (primary N) is 1. The summed E-state index contributed by atoms with van der Waals surface area (Å²) in [7, 11) is 0. The molecule has 0 radical (unpaired) electrons. The fourth-order valence-corrected chi connectivity index (χ4v) is 2.46. The van der Waals surface area contributed by atoms with Crippen LogP contribution in [-0.2, 0) is 14.9 Å². The Hall–Kier alpha value is -3.02. The smallest absolute Gasteiger partial charge is 0.338 e. The number of carbonyl (C=O) groups excluding carboxylic acids is 2. The van der Waals surface area contributed by atoms with Gasteiger partial charge in [0.05, 0.1) is 17.4 Å². The number of ether oxygens (including phenoxy) is 2. The molecule has 0 bridgehead atoms. The fraction of sp³-hybridized carbons (Fsp3) is 0.364.